The number of aryl methyl sites for hydroxylation is 1. The van der Waals surface area contributed by atoms with E-state index < -0.39 is 0 Å². The summed E-state index contributed by atoms with van der Waals surface area (Å²) in [5.74, 6) is 1.29. The van der Waals surface area contributed by atoms with Gasteiger partial charge in [-0.15, -0.1) is 11.3 Å². The summed E-state index contributed by atoms with van der Waals surface area (Å²) in [4.78, 5) is 5.83. The zero-order valence-corrected chi connectivity index (χ0v) is 9.38. The lowest BCUT2D eigenvalue weighted by molar-refractivity contribution is 0.820. The zero-order chi connectivity index (χ0) is 9.26. The fourth-order valence-electron chi connectivity index (χ4n) is 1.55. The van der Waals surface area contributed by atoms with Gasteiger partial charge in [-0.25, -0.2) is 4.98 Å². The summed E-state index contributed by atoms with van der Waals surface area (Å²) < 4.78 is 0. The van der Waals surface area contributed by atoms with Crippen LogP contribution in [0, 0.1) is 6.92 Å². The van der Waals surface area contributed by atoms with E-state index in [1.54, 1.807) is 11.3 Å². The van der Waals surface area contributed by atoms with E-state index >= 15 is 0 Å². The second-order valence-corrected chi connectivity index (χ2v) is 5.69. The van der Waals surface area contributed by atoms with Gasteiger partial charge in [-0.1, -0.05) is 0 Å². The van der Waals surface area contributed by atoms with Gasteiger partial charge in [0.15, 0.2) is 0 Å². The minimum atomic E-state index is 0.640. The van der Waals surface area contributed by atoms with E-state index in [4.69, 9.17) is 5.73 Å². The van der Waals surface area contributed by atoms with Crippen molar-refractivity contribution in [3.63, 3.8) is 0 Å². The third kappa shape index (κ3) is 1.90. The van der Waals surface area contributed by atoms with E-state index in [9.17, 15) is 0 Å². The van der Waals surface area contributed by atoms with Crippen LogP contribution < -0.4 is 5.73 Å². The van der Waals surface area contributed by atoms with E-state index in [0.717, 1.165) is 5.69 Å². The van der Waals surface area contributed by atoms with Gasteiger partial charge in [-0.05, 0) is 25.5 Å². The van der Waals surface area contributed by atoms with Gasteiger partial charge < -0.3 is 5.73 Å². The van der Waals surface area contributed by atoms with Gasteiger partial charge in [0.2, 0.25) is 0 Å². The highest BCUT2D eigenvalue weighted by Gasteiger charge is 2.21. The van der Waals surface area contributed by atoms with Crippen molar-refractivity contribution in [3.8, 4) is 0 Å². The molecular formula is C9H14N2S2. The van der Waals surface area contributed by atoms with Crippen LogP contribution in [0.5, 0.6) is 0 Å². The molecule has 13 heavy (non-hydrogen) atoms. The minimum absolute atomic E-state index is 0.640. The molecule has 0 spiro atoms. The van der Waals surface area contributed by atoms with Crippen LogP contribution >= 0.6 is 23.1 Å². The van der Waals surface area contributed by atoms with Crippen LogP contribution in [0.1, 0.15) is 33.7 Å². The SMILES string of the molecule is Cc1nc(C2CCCS2)sc1CN. The number of aromatic nitrogens is 1. The third-order valence-electron chi connectivity index (χ3n) is 2.30. The Hall–Kier alpha value is -0.0600. The van der Waals surface area contributed by atoms with Gasteiger partial charge in [0.1, 0.15) is 5.01 Å². The van der Waals surface area contributed by atoms with Gasteiger partial charge in [0, 0.05) is 11.4 Å². The van der Waals surface area contributed by atoms with Crippen molar-refractivity contribution < 1.29 is 0 Å². The van der Waals surface area contributed by atoms with E-state index in [0.29, 0.717) is 11.8 Å². The monoisotopic (exact) mass is 214 g/mol. The van der Waals surface area contributed by atoms with Gasteiger partial charge >= 0.3 is 0 Å². The van der Waals surface area contributed by atoms with Crippen molar-refractivity contribution in [2.24, 2.45) is 5.73 Å². The Morgan fingerprint density at radius 2 is 2.46 bits per heavy atom. The maximum atomic E-state index is 5.63. The number of nitrogens with zero attached hydrogens (tertiary/aromatic N) is 1. The summed E-state index contributed by atoms with van der Waals surface area (Å²) in [7, 11) is 0. The summed E-state index contributed by atoms with van der Waals surface area (Å²) in [6.45, 7) is 2.70. The molecule has 1 aliphatic rings. The Labute approximate surface area is 86.9 Å². The maximum absolute atomic E-state index is 5.63. The number of hydrogen-bond donors (Lipinski definition) is 1. The van der Waals surface area contributed by atoms with Crippen LogP contribution in [0.25, 0.3) is 0 Å². The van der Waals surface area contributed by atoms with Crippen LogP contribution in [0.2, 0.25) is 0 Å². The van der Waals surface area contributed by atoms with Crippen LogP contribution in [0.4, 0.5) is 0 Å². The van der Waals surface area contributed by atoms with Gasteiger partial charge in [0.05, 0.1) is 10.9 Å². The standard InChI is InChI=1S/C9H14N2S2/c1-6-8(5-10)13-9(11-6)7-3-2-4-12-7/h7H,2-5,10H2,1H3. The number of thioether (sulfide) groups is 1. The van der Waals surface area contributed by atoms with Gasteiger partial charge in [-0.3, -0.25) is 0 Å². The van der Waals surface area contributed by atoms with Crippen molar-refractivity contribution in [1.82, 2.24) is 4.98 Å². The summed E-state index contributed by atoms with van der Waals surface area (Å²) in [6.07, 6.45) is 2.63. The second kappa shape index (κ2) is 3.98. The topological polar surface area (TPSA) is 38.9 Å². The Balaban J connectivity index is 2.20. The van der Waals surface area contributed by atoms with Crippen LogP contribution in [0.15, 0.2) is 0 Å². The predicted molar refractivity (Wildman–Crippen MR) is 59.2 cm³/mol. The molecule has 0 radical (unpaired) electrons. The number of thiazole rings is 1. The molecule has 2 rings (SSSR count). The van der Waals surface area contributed by atoms with Crippen LogP contribution in [0.3, 0.4) is 0 Å². The fourth-order valence-corrected chi connectivity index (χ4v) is 4.01. The normalized spacial score (nSPS) is 22.5. The highest BCUT2D eigenvalue weighted by molar-refractivity contribution is 7.99. The zero-order valence-electron chi connectivity index (χ0n) is 7.75. The first kappa shape index (κ1) is 9.49. The van der Waals surface area contributed by atoms with Crippen LogP contribution in [-0.4, -0.2) is 10.7 Å². The molecule has 2 heterocycles. The molecule has 72 valence electrons. The Morgan fingerprint density at radius 3 is 3.00 bits per heavy atom. The third-order valence-corrected chi connectivity index (χ3v) is 5.13. The molecule has 0 aliphatic carbocycles. The molecule has 0 saturated carbocycles. The van der Waals surface area contributed by atoms with Crippen molar-refractivity contribution >= 4 is 23.1 Å². The molecule has 1 saturated heterocycles. The lowest BCUT2D eigenvalue weighted by atomic mass is 10.2. The summed E-state index contributed by atoms with van der Waals surface area (Å²) >= 11 is 3.83. The first-order valence-corrected chi connectivity index (χ1v) is 6.45. The molecule has 0 aromatic carbocycles. The average molecular weight is 214 g/mol. The first-order chi connectivity index (χ1) is 6.31. The highest BCUT2D eigenvalue weighted by atomic mass is 32.2. The highest BCUT2D eigenvalue weighted by Crippen LogP contribution is 2.41. The smallest absolute Gasteiger partial charge is 0.106 e. The Kier molecular flexibility index (Phi) is 2.91. The molecule has 1 aliphatic heterocycles. The predicted octanol–water partition coefficient (Wildman–Crippen LogP) is 2.48. The molecule has 0 bridgehead atoms. The van der Waals surface area contributed by atoms with Crippen LogP contribution in [-0.2, 0) is 6.54 Å². The van der Waals surface area contributed by atoms with Gasteiger partial charge in [0.25, 0.3) is 0 Å². The number of rotatable bonds is 2. The van der Waals surface area contributed by atoms with E-state index in [2.05, 4.69) is 11.9 Å². The quantitative estimate of drug-likeness (QED) is 0.822. The molecule has 2 N–H and O–H groups in total. The van der Waals surface area contributed by atoms with Crippen molar-refractivity contribution in [2.75, 3.05) is 5.75 Å². The fraction of sp³-hybridized carbons (Fsp3) is 0.667. The Morgan fingerprint density at radius 1 is 1.62 bits per heavy atom. The lowest BCUT2D eigenvalue weighted by Gasteiger charge is -2.01. The maximum Gasteiger partial charge on any atom is 0.106 e. The first-order valence-electron chi connectivity index (χ1n) is 4.59. The molecule has 0 amide bonds. The number of nitrogens with two attached hydrogens (primary N) is 1. The summed E-state index contributed by atoms with van der Waals surface area (Å²) in [5.41, 5.74) is 6.76. The van der Waals surface area contributed by atoms with Crippen molar-refractivity contribution in [2.45, 2.75) is 31.6 Å². The minimum Gasteiger partial charge on any atom is -0.326 e. The summed E-state index contributed by atoms with van der Waals surface area (Å²) in [6, 6.07) is 0. The molecule has 4 heteroatoms. The van der Waals surface area contributed by atoms with Gasteiger partial charge in [-0.2, -0.15) is 11.8 Å². The van der Waals surface area contributed by atoms with E-state index in [1.165, 1.54) is 28.5 Å². The average Bonchev–Trinajstić information content (AvgIpc) is 2.71. The largest absolute Gasteiger partial charge is 0.326 e. The summed E-state index contributed by atoms with van der Waals surface area (Å²) in [5, 5.41) is 1.95. The van der Waals surface area contributed by atoms with Crippen molar-refractivity contribution in [1.29, 1.82) is 0 Å². The second-order valence-electron chi connectivity index (χ2n) is 3.27. The van der Waals surface area contributed by atoms with E-state index in [1.807, 2.05) is 11.8 Å². The molecule has 1 aromatic rings. The molecule has 1 unspecified atom stereocenters. The molecule has 2 nitrogen and oxygen atoms in total. The molecule has 1 atom stereocenters. The van der Waals surface area contributed by atoms with E-state index in [-0.39, 0.29) is 0 Å². The lowest BCUT2D eigenvalue weighted by Crippen LogP contribution is -1.94. The number of hydrogen-bond acceptors (Lipinski definition) is 4. The Bertz CT molecular complexity index is 290. The molecule has 1 fully saturated rings. The van der Waals surface area contributed by atoms with Crippen molar-refractivity contribution in [3.05, 3.63) is 15.6 Å². The molecule has 1 aromatic heterocycles. The molecular weight excluding hydrogens is 200 g/mol.